The quantitative estimate of drug-likeness (QED) is 0.816. The molecule has 17 heavy (non-hydrogen) atoms. The Hall–Kier alpha value is -0.940. The molecule has 2 fully saturated rings. The Morgan fingerprint density at radius 1 is 1.59 bits per heavy atom. The van der Waals surface area contributed by atoms with Crippen LogP contribution in [0.15, 0.2) is 10.9 Å². The predicted octanol–water partition coefficient (Wildman–Crippen LogP) is 1.21. The second-order valence-electron chi connectivity index (χ2n) is 5.47. The number of amides is 1. The van der Waals surface area contributed by atoms with E-state index in [1.54, 1.807) is 5.51 Å². The zero-order chi connectivity index (χ0) is 12.0. The lowest BCUT2D eigenvalue weighted by molar-refractivity contribution is 0.0598. The Bertz CT molecular complexity index is 429. The number of rotatable bonds is 1. The molecule has 0 aliphatic carbocycles. The average molecular weight is 251 g/mol. The van der Waals surface area contributed by atoms with E-state index < -0.39 is 0 Å². The molecule has 2 atom stereocenters. The number of nitrogens with zero attached hydrogens (tertiary/aromatic N) is 2. The second kappa shape index (κ2) is 3.78. The lowest BCUT2D eigenvalue weighted by Gasteiger charge is -2.35. The van der Waals surface area contributed by atoms with Crippen molar-refractivity contribution in [3.8, 4) is 0 Å². The van der Waals surface area contributed by atoms with Crippen LogP contribution in [0.4, 0.5) is 0 Å². The second-order valence-corrected chi connectivity index (χ2v) is 6.19. The maximum atomic E-state index is 12.4. The monoisotopic (exact) mass is 251 g/mol. The first kappa shape index (κ1) is 11.2. The molecule has 3 heterocycles. The molecule has 0 spiro atoms. The summed E-state index contributed by atoms with van der Waals surface area (Å²) in [6.07, 6.45) is 0. The van der Waals surface area contributed by atoms with Gasteiger partial charge < -0.3 is 10.2 Å². The Kier molecular flexibility index (Phi) is 2.48. The van der Waals surface area contributed by atoms with E-state index in [9.17, 15) is 4.79 Å². The Balaban J connectivity index is 1.87. The fourth-order valence-electron chi connectivity index (χ4n) is 3.22. The first-order valence-electron chi connectivity index (χ1n) is 6.01. The highest BCUT2D eigenvalue weighted by molar-refractivity contribution is 7.07. The SMILES string of the molecule is CC1(C)C2CNCC2CN1C(=O)c1cscn1. The van der Waals surface area contributed by atoms with Crippen molar-refractivity contribution < 1.29 is 4.79 Å². The summed E-state index contributed by atoms with van der Waals surface area (Å²) < 4.78 is 0. The lowest BCUT2D eigenvalue weighted by atomic mass is 9.85. The Morgan fingerprint density at radius 2 is 2.41 bits per heavy atom. The molecule has 2 unspecified atom stereocenters. The molecule has 1 amide bonds. The van der Waals surface area contributed by atoms with Crippen LogP contribution in [-0.2, 0) is 0 Å². The van der Waals surface area contributed by atoms with Gasteiger partial charge in [0.05, 0.1) is 5.51 Å². The summed E-state index contributed by atoms with van der Waals surface area (Å²) in [5.74, 6) is 1.27. The maximum absolute atomic E-state index is 12.4. The highest BCUT2D eigenvalue weighted by Crippen LogP contribution is 2.41. The van der Waals surface area contributed by atoms with Crippen LogP contribution in [0.3, 0.4) is 0 Å². The fourth-order valence-corrected chi connectivity index (χ4v) is 3.75. The summed E-state index contributed by atoms with van der Waals surface area (Å²) in [6.45, 7) is 7.28. The van der Waals surface area contributed by atoms with Gasteiger partial charge in [-0.1, -0.05) is 0 Å². The van der Waals surface area contributed by atoms with E-state index in [-0.39, 0.29) is 11.4 Å². The Morgan fingerprint density at radius 3 is 3.06 bits per heavy atom. The zero-order valence-corrected chi connectivity index (χ0v) is 11.0. The van der Waals surface area contributed by atoms with Gasteiger partial charge in [-0.25, -0.2) is 4.98 Å². The van der Waals surface area contributed by atoms with Crippen LogP contribution in [0.5, 0.6) is 0 Å². The minimum atomic E-state index is -0.0606. The Labute approximate surface area is 105 Å². The molecule has 1 N–H and O–H groups in total. The fraction of sp³-hybridized carbons (Fsp3) is 0.667. The molecule has 2 aliphatic heterocycles. The molecule has 92 valence electrons. The van der Waals surface area contributed by atoms with Crippen molar-refractivity contribution in [3.05, 3.63) is 16.6 Å². The van der Waals surface area contributed by atoms with E-state index in [1.165, 1.54) is 11.3 Å². The summed E-state index contributed by atoms with van der Waals surface area (Å²) in [6, 6.07) is 0. The number of carbonyl (C=O) groups is 1. The summed E-state index contributed by atoms with van der Waals surface area (Å²) in [7, 11) is 0. The largest absolute Gasteiger partial charge is 0.331 e. The van der Waals surface area contributed by atoms with Gasteiger partial charge in [0.25, 0.3) is 5.91 Å². The van der Waals surface area contributed by atoms with E-state index in [1.807, 2.05) is 10.3 Å². The molecular formula is C12H17N3OS. The van der Waals surface area contributed by atoms with E-state index in [2.05, 4.69) is 24.1 Å². The predicted molar refractivity (Wildman–Crippen MR) is 67.1 cm³/mol. The number of likely N-dealkylation sites (tertiary alicyclic amines) is 1. The molecule has 1 aromatic rings. The van der Waals surface area contributed by atoms with E-state index >= 15 is 0 Å². The van der Waals surface area contributed by atoms with E-state index in [0.29, 0.717) is 17.5 Å². The first-order valence-corrected chi connectivity index (χ1v) is 6.96. The molecule has 0 bridgehead atoms. The normalized spacial score (nSPS) is 30.6. The van der Waals surface area contributed by atoms with Gasteiger partial charge in [0, 0.05) is 30.6 Å². The third-order valence-corrected chi connectivity index (χ3v) is 4.84. The van der Waals surface area contributed by atoms with E-state index in [4.69, 9.17) is 0 Å². The molecule has 2 aliphatic rings. The van der Waals surface area contributed by atoms with Crippen LogP contribution >= 0.6 is 11.3 Å². The first-order chi connectivity index (χ1) is 8.10. The minimum Gasteiger partial charge on any atom is -0.331 e. The number of carbonyl (C=O) groups excluding carboxylic acids is 1. The number of fused-ring (bicyclic) bond motifs is 1. The van der Waals surface area contributed by atoms with Crippen molar-refractivity contribution in [3.63, 3.8) is 0 Å². The number of aromatic nitrogens is 1. The van der Waals surface area contributed by atoms with Crippen molar-refractivity contribution >= 4 is 17.2 Å². The molecular weight excluding hydrogens is 234 g/mol. The third kappa shape index (κ3) is 1.60. The highest BCUT2D eigenvalue weighted by atomic mass is 32.1. The van der Waals surface area contributed by atoms with Crippen LogP contribution < -0.4 is 5.32 Å². The molecule has 3 rings (SSSR count). The standard InChI is InChI=1S/C12H17N3OS/c1-12(2)9-4-13-3-8(9)5-15(12)11(16)10-6-17-7-14-10/h6-9,13H,3-5H2,1-2H3. The molecule has 1 aromatic heterocycles. The minimum absolute atomic E-state index is 0.0606. The molecule has 0 radical (unpaired) electrons. The molecule has 0 saturated carbocycles. The van der Waals surface area contributed by atoms with Crippen LogP contribution in [-0.4, -0.2) is 41.0 Å². The van der Waals surface area contributed by atoms with Gasteiger partial charge in [0.2, 0.25) is 0 Å². The average Bonchev–Trinajstić information content (AvgIpc) is 2.97. The summed E-state index contributed by atoms with van der Waals surface area (Å²) in [4.78, 5) is 18.5. The van der Waals surface area contributed by atoms with Crippen LogP contribution in [0.1, 0.15) is 24.3 Å². The van der Waals surface area contributed by atoms with Gasteiger partial charge in [0.1, 0.15) is 5.69 Å². The van der Waals surface area contributed by atoms with Gasteiger partial charge in [-0.2, -0.15) is 0 Å². The number of nitrogens with one attached hydrogen (secondary N) is 1. The van der Waals surface area contributed by atoms with Crippen LogP contribution in [0, 0.1) is 11.8 Å². The van der Waals surface area contributed by atoms with Crippen molar-refractivity contribution in [2.75, 3.05) is 19.6 Å². The van der Waals surface area contributed by atoms with Crippen molar-refractivity contribution in [2.45, 2.75) is 19.4 Å². The van der Waals surface area contributed by atoms with Crippen molar-refractivity contribution in [2.24, 2.45) is 11.8 Å². The molecule has 5 heteroatoms. The lowest BCUT2D eigenvalue weighted by Crippen LogP contribution is -2.47. The summed E-state index contributed by atoms with van der Waals surface area (Å²) in [5.41, 5.74) is 2.25. The molecule has 0 aromatic carbocycles. The van der Waals surface area contributed by atoms with Crippen LogP contribution in [0.2, 0.25) is 0 Å². The summed E-state index contributed by atoms with van der Waals surface area (Å²) in [5, 5.41) is 5.26. The smallest absolute Gasteiger partial charge is 0.273 e. The summed E-state index contributed by atoms with van der Waals surface area (Å²) >= 11 is 1.48. The van der Waals surface area contributed by atoms with Gasteiger partial charge in [-0.05, 0) is 25.7 Å². The number of hydrogen-bond acceptors (Lipinski definition) is 4. The molecule has 4 nitrogen and oxygen atoms in total. The van der Waals surface area contributed by atoms with Gasteiger partial charge in [-0.15, -0.1) is 11.3 Å². The van der Waals surface area contributed by atoms with Gasteiger partial charge >= 0.3 is 0 Å². The third-order valence-electron chi connectivity index (χ3n) is 4.26. The van der Waals surface area contributed by atoms with E-state index in [0.717, 1.165) is 19.6 Å². The maximum Gasteiger partial charge on any atom is 0.273 e. The van der Waals surface area contributed by atoms with Gasteiger partial charge in [0.15, 0.2) is 0 Å². The van der Waals surface area contributed by atoms with Crippen molar-refractivity contribution in [1.82, 2.24) is 15.2 Å². The van der Waals surface area contributed by atoms with Gasteiger partial charge in [-0.3, -0.25) is 4.79 Å². The van der Waals surface area contributed by atoms with Crippen molar-refractivity contribution in [1.29, 1.82) is 0 Å². The number of hydrogen-bond donors (Lipinski definition) is 1. The number of thiazole rings is 1. The topological polar surface area (TPSA) is 45.2 Å². The zero-order valence-electron chi connectivity index (χ0n) is 10.1. The molecule has 2 saturated heterocycles. The van der Waals surface area contributed by atoms with Crippen LogP contribution in [0.25, 0.3) is 0 Å². The highest BCUT2D eigenvalue weighted by Gasteiger charge is 2.51.